The van der Waals surface area contributed by atoms with Crippen molar-refractivity contribution < 1.29 is 18.8 Å². The standard InChI is InChI=1S/C21H17N7O4/c1-12-24-20(25-32-12)15-4-2-14(9-22-15)13-3-5-16-18(8-13)30-11-17-19(31-21(29)28(16)17)10-27-7-6-23-26-27/h2-9,17,19H,10-11H2,1H3/t17-,19-/m0/s1. The number of ether oxygens (including phenoxy) is 2. The Kier molecular flexibility index (Phi) is 4.13. The fourth-order valence-electron chi connectivity index (χ4n) is 3.98. The molecule has 2 aliphatic rings. The topological polar surface area (TPSA) is 121 Å². The summed E-state index contributed by atoms with van der Waals surface area (Å²) in [5, 5.41) is 11.6. The number of fused-ring (bicyclic) bond motifs is 3. The molecular formula is C21H17N7O4. The van der Waals surface area contributed by atoms with Gasteiger partial charge in [-0.3, -0.25) is 9.88 Å². The lowest BCUT2D eigenvalue weighted by Gasteiger charge is -2.31. The third-order valence-electron chi connectivity index (χ3n) is 5.53. The number of anilines is 1. The molecule has 0 spiro atoms. The maximum Gasteiger partial charge on any atom is 0.415 e. The second-order valence-electron chi connectivity index (χ2n) is 7.55. The fourth-order valence-corrected chi connectivity index (χ4v) is 3.98. The molecule has 4 aromatic rings. The third kappa shape index (κ3) is 3.06. The normalized spacial score (nSPS) is 19.3. The summed E-state index contributed by atoms with van der Waals surface area (Å²) in [6.07, 6.45) is 4.31. The van der Waals surface area contributed by atoms with Crippen molar-refractivity contribution in [1.82, 2.24) is 30.1 Å². The summed E-state index contributed by atoms with van der Waals surface area (Å²) in [5.41, 5.74) is 3.12. The monoisotopic (exact) mass is 431 g/mol. The van der Waals surface area contributed by atoms with E-state index in [1.807, 2.05) is 30.3 Å². The number of aryl methyl sites for hydroxylation is 1. The molecule has 0 N–H and O–H groups in total. The molecule has 0 aliphatic carbocycles. The van der Waals surface area contributed by atoms with Crippen LogP contribution in [0, 0.1) is 6.92 Å². The minimum absolute atomic E-state index is 0.232. The molecule has 2 atom stereocenters. The molecule has 0 bridgehead atoms. The van der Waals surface area contributed by atoms with E-state index in [9.17, 15) is 4.79 Å². The van der Waals surface area contributed by atoms with Gasteiger partial charge in [0, 0.05) is 24.9 Å². The Morgan fingerprint density at radius 3 is 2.84 bits per heavy atom. The van der Waals surface area contributed by atoms with Gasteiger partial charge in [0.15, 0.2) is 0 Å². The highest BCUT2D eigenvalue weighted by Gasteiger charge is 2.46. The summed E-state index contributed by atoms with van der Waals surface area (Å²) >= 11 is 0. The van der Waals surface area contributed by atoms with E-state index in [2.05, 4.69) is 25.4 Å². The molecule has 6 rings (SSSR count). The van der Waals surface area contributed by atoms with Gasteiger partial charge in [-0.1, -0.05) is 22.5 Å². The summed E-state index contributed by atoms with van der Waals surface area (Å²) < 4.78 is 18.3. The molecule has 11 heteroatoms. The Labute approximate surface area is 181 Å². The van der Waals surface area contributed by atoms with Gasteiger partial charge in [0.05, 0.1) is 18.4 Å². The second kappa shape index (κ2) is 7.15. The summed E-state index contributed by atoms with van der Waals surface area (Å²) in [5.74, 6) is 1.55. The molecule has 1 saturated heterocycles. The van der Waals surface area contributed by atoms with Gasteiger partial charge in [-0.05, 0) is 23.8 Å². The van der Waals surface area contributed by atoms with Crippen LogP contribution in [-0.4, -0.2) is 55.0 Å². The van der Waals surface area contributed by atoms with Crippen molar-refractivity contribution in [2.24, 2.45) is 0 Å². The zero-order valence-electron chi connectivity index (χ0n) is 17.0. The zero-order chi connectivity index (χ0) is 21.7. The van der Waals surface area contributed by atoms with Gasteiger partial charge >= 0.3 is 6.09 Å². The van der Waals surface area contributed by atoms with Crippen molar-refractivity contribution in [1.29, 1.82) is 0 Å². The number of hydrogen-bond acceptors (Lipinski definition) is 9. The van der Waals surface area contributed by atoms with E-state index >= 15 is 0 Å². The van der Waals surface area contributed by atoms with E-state index in [1.54, 1.807) is 35.1 Å². The summed E-state index contributed by atoms with van der Waals surface area (Å²) in [7, 11) is 0. The fraction of sp³-hybridized carbons (Fsp3) is 0.238. The lowest BCUT2D eigenvalue weighted by molar-refractivity contribution is 0.106. The number of carbonyl (C=O) groups is 1. The van der Waals surface area contributed by atoms with Crippen LogP contribution in [-0.2, 0) is 11.3 Å². The maximum atomic E-state index is 12.6. The first-order valence-electron chi connectivity index (χ1n) is 10.0. The van der Waals surface area contributed by atoms with Gasteiger partial charge in [0.1, 0.15) is 30.2 Å². The highest BCUT2D eigenvalue weighted by Crippen LogP contribution is 2.41. The van der Waals surface area contributed by atoms with E-state index in [0.717, 1.165) is 11.1 Å². The lowest BCUT2D eigenvalue weighted by atomic mass is 10.0. The van der Waals surface area contributed by atoms with Gasteiger partial charge in [0.25, 0.3) is 0 Å². The zero-order valence-corrected chi connectivity index (χ0v) is 17.0. The first-order valence-corrected chi connectivity index (χ1v) is 10.0. The molecular weight excluding hydrogens is 414 g/mol. The first kappa shape index (κ1) is 18.5. The molecule has 160 valence electrons. The predicted molar refractivity (Wildman–Crippen MR) is 110 cm³/mol. The Hall–Kier alpha value is -4.28. The molecule has 2 aliphatic heterocycles. The summed E-state index contributed by atoms with van der Waals surface area (Å²) in [4.78, 5) is 22.9. The molecule has 5 heterocycles. The first-order chi connectivity index (χ1) is 15.7. The summed E-state index contributed by atoms with van der Waals surface area (Å²) in [6.45, 7) is 2.48. The van der Waals surface area contributed by atoms with E-state index in [-0.39, 0.29) is 18.2 Å². The van der Waals surface area contributed by atoms with Crippen LogP contribution in [0.5, 0.6) is 5.75 Å². The number of benzene rings is 1. The average Bonchev–Trinajstić information content (AvgIpc) is 3.55. The predicted octanol–water partition coefficient (Wildman–Crippen LogP) is 2.48. The van der Waals surface area contributed by atoms with E-state index in [0.29, 0.717) is 42.0 Å². The van der Waals surface area contributed by atoms with E-state index < -0.39 is 0 Å². The van der Waals surface area contributed by atoms with E-state index in [4.69, 9.17) is 14.0 Å². The minimum Gasteiger partial charge on any atom is -0.489 e. The van der Waals surface area contributed by atoms with Gasteiger partial charge in [-0.2, -0.15) is 4.98 Å². The smallest absolute Gasteiger partial charge is 0.415 e. The Morgan fingerprint density at radius 1 is 1.19 bits per heavy atom. The van der Waals surface area contributed by atoms with Crippen LogP contribution in [0.4, 0.5) is 10.5 Å². The molecule has 1 aromatic carbocycles. The number of hydrogen-bond donors (Lipinski definition) is 0. The molecule has 3 aromatic heterocycles. The van der Waals surface area contributed by atoms with Crippen LogP contribution < -0.4 is 9.64 Å². The number of rotatable bonds is 4. The number of amides is 1. The van der Waals surface area contributed by atoms with Crippen LogP contribution in [0.2, 0.25) is 0 Å². The van der Waals surface area contributed by atoms with Crippen LogP contribution in [0.25, 0.3) is 22.6 Å². The number of carbonyl (C=O) groups excluding carboxylic acids is 1. The Balaban J connectivity index is 1.26. The van der Waals surface area contributed by atoms with Gasteiger partial charge in [-0.25, -0.2) is 9.48 Å². The van der Waals surface area contributed by atoms with Gasteiger partial charge < -0.3 is 14.0 Å². The molecule has 0 unspecified atom stereocenters. The minimum atomic E-state index is -0.390. The van der Waals surface area contributed by atoms with Crippen molar-refractivity contribution in [2.45, 2.75) is 25.6 Å². The molecule has 1 amide bonds. The highest BCUT2D eigenvalue weighted by atomic mass is 16.6. The second-order valence-corrected chi connectivity index (χ2v) is 7.55. The molecule has 11 nitrogen and oxygen atoms in total. The molecule has 0 saturated carbocycles. The number of aromatic nitrogens is 6. The number of pyridine rings is 1. The van der Waals surface area contributed by atoms with Crippen molar-refractivity contribution in [3.63, 3.8) is 0 Å². The van der Waals surface area contributed by atoms with Crippen LogP contribution >= 0.6 is 0 Å². The largest absolute Gasteiger partial charge is 0.489 e. The van der Waals surface area contributed by atoms with Crippen molar-refractivity contribution in [2.75, 3.05) is 11.5 Å². The average molecular weight is 431 g/mol. The van der Waals surface area contributed by atoms with Gasteiger partial charge in [-0.15, -0.1) is 5.10 Å². The van der Waals surface area contributed by atoms with Crippen molar-refractivity contribution >= 4 is 11.8 Å². The SMILES string of the molecule is Cc1nc(-c2ccc(-c3ccc4c(c3)OC[C@H]3[C@H](Cn5ccnn5)OC(=O)N43)cn2)no1. The number of cyclic esters (lactones) is 1. The van der Waals surface area contributed by atoms with Crippen molar-refractivity contribution in [3.05, 3.63) is 54.8 Å². The third-order valence-corrected chi connectivity index (χ3v) is 5.53. The van der Waals surface area contributed by atoms with Crippen molar-refractivity contribution in [3.8, 4) is 28.4 Å². The highest BCUT2D eigenvalue weighted by molar-refractivity contribution is 5.94. The number of nitrogens with zero attached hydrogens (tertiary/aromatic N) is 7. The van der Waals surface area contributed by atoms with Gasteiger partial charge in [0.2, 0.25) is 11.7 Å². The Morgan fingerprint density at radius 2 is 2.09 bits per heavy atom. The molecule has 1 fully saturated rings. The Bertz CT molecular complexity index is 1290. The van der Waals surface area contributed by atoms with E-state index in [1.165, 1.54) is 0 Å². The summed E-state index contributed by atoms with van der Waals surface area (Å²) in [6, 6.07) is 9.23. The molecule has 0 radical (unpaired) electrons. The lowest BCUT2D eigenvalue weighted by Crippen LogP contribution is -2.45. The quantitative estimate of drug-likeness (QED) is 0.480. The maximum absolute atomic E-state index is 12.6. The van der Waals surface area contributed by atoms with Crippen LogP contribution in [0.15, 0.2) is 53.4 Å². The van der Waals surface area contributed by atoms with Crippen LogP contribution in [0.3, 0.4) is 0 Å². The molecule has 32 heavy (non-hydrogen) atoms. The van der Waals surface area contributed by atoms with Crippen LogP contribution in [0.1, 0.15) is 5.89 Å².